The van der Waals surface area contributed by atoms with Crippen LogP contribution in [0.3, 0.4) is 0 Å². The molecule has 0 aliphatic carbocycles. The summed E-state index contributed by atoms with van der Waals surface area (Å²) in [4.78, 5) is 24.6. The van der Waals surface area contributed by atoms with Crippen LogP contribution in [0.4, 0.5) is 0 Å². The molecule has 0 bridgehead atoms. The number of hydrogen-bond donors (Lipinski definition) is 9. The fraction of sp³-hybridized carbons (Fsp3) is 0.273. The highest BCUT2D eigenvalue weighted by Gasteiger charge is 2.47. The van der Waals surface area contributed by atoms with E-state index in [1.807, 2.05) is 0 Å². The Morgan fingerprint density at radius 3 is 2.14 bits per heavy atom. The summed E-state index contributed by atoms with van der Waals surface area (Å²) in [6, 6.07) is 3.65. The van der Waals surface area contributed by atoms with Crippen molar-refractivity contribution in [2.24, 2.45) is 0 Å². The van der Waals surface area contributed by atoms with Crippen molar-refractivity contribution >= 4 is 16.9 Å². The second kappa shape index (κ2) is 9.09. The van der Waals surface area contributed by atoms with Crippen molar-refractivity contribution in [3.05, 3.63) is 34.5 Å². The van der Waals surface area contributed by atoms with Gasteiger partial charge in [0.15, 0.2) is 29.1 Å². The molecule has 1 aliphatic heterocycles. The van der Waals surface area contributed by atoms with E-state index in [9.17, 15) is 55.5 Å². The average Bonchev–Trinajstić information content (AvgIpc) is 2.80. The summed E-state index contributed by atoms with van der Waals surface area (Å²) in [7, 11) is 0. The fourth-order valence-electron chi connectivity index (χ4n) is 3.78. The zero-order chi connectivity index (χ0) is 26.5. The molecular weight excluding hydrogens is 488 g/mol. The summed E-state index contributed by atoms with van der Waals surface area (Å²) in [6.07, 6.45) is -9.22. The number of phenolic OH excluding ortho intramolecular Hbond substituents is 5. The van der Waals surface area contributed by atoms with Gasteiger partial charge in [-0.25, -0.2) is 4.79 Å². The molecule has 1 aromatic heterocycles. The maximum atomic E-state index is 13.2. The molecule has 1 saturated heterocycles. The minimum atomic E-state index is -1.96. The second-order valence-electron chi connectivity index (χ2n) is 8.01. The van der Waals surface area contributed by atoms with Crippen LogP contribution in [0.1, 0.15) is 0 Å². The second-order valence-corrected chi connectivity index (χ2v) is 8.01. The van der Waals surface area contributed by atoms with E-state index in [2.05, 4.69) is 0 Å². The summed E-state index contributed by atoms with van der Waals surface area (Å²) >= 11 is 0. The molecule has 0 spiro atoms. The van der Waals surface area contributed by atoms with Gasteiger partial charge in [0.1, 0.15) is 53.5 Å². The SMILES string of the molecule is O=C(O)[C@H]1O[C@@H](COc2c(-c3cc(O)c(O)c(O)c3)oc3cc(O)cc(O)c3c2=O)[C@H](O)[C@@H](O)[C@@H]1O. The topological polar surface area (TPSA) is 248 Å². The average molecular weight is 508 g/mol. The number of phenols is 5. The summed E-state index contributed by atoms with van der Waals surface area (Å²) < 4.78 is 16.2. The quantitative estimate of drug-likeness (QED) is 0.193. The van der Waals surface area contributed by atoms with Gasteiger partial charge in [-0.05, 0) is 12.1 Å². The van der Waals surface area contributed by atoms with Gasteiger partial charge < -0.3 is 59.8 Å². The number of benzene rings is 2. The van der Waals surface area contributed by atoms with Crippen molar-refractivity contribution in [2.75, 3.05) is 6.61 Å². The van der Waals surface area contributed by atoms with E-state index in [1.165, 1.54) is 0 Å². The molecule has 3 aromatic rings. The zero-order valence-corrected chi connectivity index (χ0v) is 18.0. The lowest BCUT2D eigenvalue weighted by molar-refractivity contribution is -0.231. The van der Waals surface area contributed by atoms with Gasteiger partial charge >= 0.3 is 5.97 Å². The molecule has 2 aromatic carbocycles. The van der Waals surface area contributed by atoms with Crippen LogP contribution in [0, 0.1) is 0 Å². The number of rotatable bonds is 5. The van der Waals surface area contributed by atoms with Gasteiger partial charge in [0.05, 0.1) is 0 Å². The monoisotopic (exact) mass is 508 g/mol. The predicted octanol–water partition coefficient (Wildman–Crippen LogP) is -0.699. The van der Waals surface area contributed by atoms with Crippen LogP contribution in [-0.4, -0.2) is 89.1 Å². The number of carbonyl (C=O) groups is 1. The van der Waals surface area contributed by atoms with Crippen LogP contribution in [0.2, 0.25) is 0 Å². The number of aliphatic hydroxyl groups is 3. The lowest BCUT2D eigenvalue weighted by Gasteiger charge is -2.38. The van der Waals surface area contributed by atoms with Gasteiger partial charge in [0.25, 0.3) is 0 Å². The number of aromatic hydroxyl groups is 5. The Morgan fingerprint density at radius 1 is 0.889 bits per heavy atom. The van der Waals surface area contributed by atoms with E-state index in [0.29, 0.717) is 0 Å². The molecule has 0 saturated carbocycles. The summed E-state index contributed by atoms with van der Waals surface area (Å²) in [5, 5.41) is 88.2. The lowest BCUT2D eigenvalue weighted by Crippen LogP contribution is -2.61. The first-order chi connectivity index (χ1) is 16.9. The third-order valence-corrected chi connectivity index (χ3v) is 5.60. The first-order valence-corrected chi connectivity index (χ1v) is 10.2. The number of aliphatic carboxylic acids is 1. The molecule has 14 heteroatoms. The molecule has 5 atom stereocenters. The number of fused-ring (bicyclic) bond motifs is 1. The van der Waals surface area contributed by atoms with Crippen molar-refractivity contribution in [1.82, 2.24) is 0 Å². The maximum Gasteiger partial charge on any atom is 0.335 e. The molecule has 9 N–H and O–H groups in total. The molecule has 192 valence electrons. The Kier molecular flexibility index (Phi) is 6.28. The Morgan fingerprint density at radius 2 is 1.53 bits per heavy atom. The first kappa shape index (κ1) is 24.9. The van der Waals surface area contributed by atoms with Gasteiger partial charge in [-0.3, -0.25) is 4.79 Å². The first-order valence-electron chi connectivity index (χ1n) is 10.2. The van der Waals surface area contributed by atoms with Gasteiger partial charge in [-0.1, -0.05) is 0 Å². The van der Waals surface area contributed by atoms with Crippen LogP contribution >= 0.6 is 0 Å². The van der Waals surface area contributed by atoms with Crippen molar-refractivity contribution in [1.29, 1.82) is 0 Å². The van der Waals surface area contributed by atoms with E-state index in [0.717, 1.165) is 24.3 Å². The highest BCUT2D eigenvalue weighted by molar-refractivity contribution is 5.88. The normalized spacial score (nSPS) is 24.0. The highest BCUT2D eigenvalue weighted by Crippen LogP contribution is 2.42. The molecule has 14 nitrogen and oxygen atoms in total. The minimum Gasteiger partial charge on any atom is -0.508 e. The van der Waals surface area contributed by atoms with Gasteiger partial charge in [0.2, 0.25) is 11.2 Å². The van der Waals surface area contributed by atoms with Crippen LogP contribution < -0.4 is 10.2 Å². The lowest BCUT2D eigenvalue weighted by atomic mass is 9.95. The number of hydrogen-bond acceptors (Lipinski definition) is 13. The molecule has 4 rings (SSSR count). The smallest absolute Gasteiger partial charge is 0.335 e. The number of ether oxygens (including phenoxy) is 2. The molecule has 0 unspecified atom stereocenters. The van der Waals surface area contributed by atoms with Crippen molar-refractivity contribution in [2.45, 2.75) is 30.5 Å². The molecular formula is C22H20O14. The molecule has 2 heterocycles. The van der Waals surface area contributed by atoms with E-state index in [-0.39, 0.29) is 11.1 Å². The van der Waals surface area contributed by atoms with Crippen molar-refractivity contribution in [3.63, 3.8) is 0 Å². The molecule has 1 fully saturated rings. The number of carboxylic acids is 1. The van der Waals surface area contributed by atoms with Gasteiger partial charge in [0, 0.05) is 17.7 Å². The summed E-state index contributed by atoms with van der Waals surface area (Å²) in [6.45, 7) is -0.771. The van der Waals surface area contributed by atoms with E-state index < -0.39 is 94.2 Å². The van der Waals surface area contributed by atoms with Gasteiger partial charge in [-0.2, -0.15) is 0 Å². The number of aliphatic hydroxyl groups excluding tert-OH is 3. The van der Waals surface area contributed by atoms with Crippen LogP contribution in [0.15, 0.2) is 33.5 Å². The van der Waals surface area contributed by atoms with Crippen molar-refractivity contribution < 1.29 is 64.6 Å². The van der Waals surface area contributed by atoms with Gasteiger partial charge in [-0.15, -0.1) is 0 Å². The Labute approximate surface area is 199 Å². The molecule has 0 amide bonds. The Hall–Kier alpha value is -4.24. The van der Waals surface area contributed by atoms with Crippen LogP contribution in [0.25, 0.3) is 22.3 Å². The maximum absolute atomic E-state index is 13.2. The van der Waals surface area contributed by atoms with Crippen molar-refractivity contribution in [3.8, 4) is 45.8 Å². The molecule has 36 heavy (non-hydrogen) atoms. The summed E-state index contributed by atoms with van der Waals surface area (Å²) in [5.74, 6) is -6.40. The standard InChI is InChI=1S/C22H20O14/c23-7-3-8(24)13-11(4-7)35-19(6-1-9(25)14(27)10(26)2-6)20(16(13)29)34-5-12-15(28)17(30)18(31)21(36-12)22(32)33/h1-4,12,15,17-18,21,23-28,30-31H,5H2,(H,32,33)/t12-,15-,17+,18-,21-/m0/s1. The molecule has 0 radical (unpaired) electrons. The van der Waals surface area contributed by atoms with E-state index >= 15 is 0 Å². The largest absolute Gasteiger partial charge is 0.508 e. The van der Waals surface area contributed by atoms with Crippen LogP contribution in [-0.2, 0) is 9.53 Å². The summed E-state index contributed by atoms with van der Waals surface area (Å²) in [5.41, 5.74) is -1.55. The minimum absolute atomic E-state index is 0.205. The third kappa shape index (κ3) is 4.18. The van der Waals surface area contributed by atoms with E-state index in [4.69, 9.17) is 13.9 Å². The zero-order valence-electron chi connectivity index (χ0n) is 18.0. The fourth-order valence-corrected chi connectivity index (χ4v) is 3.78. The number of carboxylic acid groups (broad SMARTS) is 1. The third-order valence-electron chi connectivity index (χ3n) is 5.60. The predicted molar refractivity (Wildman–Crippen MR) is 116 cm³/mol. The Bertz CT molecular complexity index is 1370. The van der Waals surface area contributed by atoms with Crippen LogP contribution in [0.5, 0.6) is 34.5 Å². The highest BCUT2D eigenvalue weighted by atomic mass is 16.6. The Balaban J connectivity index is 1.82. The molecule has 1 aliphatic rings. The van der Waals surface area contributed by atoms with E-state index in [1.54, 1.807) is 0 Å².